The molecule has 0 fully saturated rings. The molecule has 1 unspecified atom stereocenters. The van der Waals surface area contributed by atoms with Crippen LogP contribution in [0.3, 0.4) is 0 Å². The number of aliphatic carboxylic acids is 1. The molecular formula is C15H21N3O4. The quantitative estimate of drug-likeness (QED) is 0.611. The Kier molecular flexibility index (Phi) is 6.88. The van der Waals surface area contributed by atoms with E-state index >= 15 is 0 Å². The van der Waals surface area contributed by atoms with E-state index in [2.05, 4.69) is 16.0 Å². The number of urea groups is 1. The SMILES string of the molecule is CC(C)CC(NC(=O)Nc1ccccc1)C(=O)NCC(=O)O. The molecule has 7 heteroatoms. The van der Waals surface area contributed by atoms with Gasteiger partial charge in [0.1, 0.15) is 12.6 Å². The summed E-state index contributed by atoms with van der Waals surface area (Å²) in [5.41, 5.74) is 0.606. The van der Waals surface area contributed by atoms with Gasteiger partial charge in [-0.3, -0.25) is 9.59 Å². The van der Waals surface area contributed by atoms with Gasteiger partial charge in [0, 0.05) is 5.69 Å². The Morgan fingerprint density at radius 2 is 1.77 bits per heavy atom. The van der Waals surface area contributed by atoms with Gasteiger partial charge in [-0.25, -0.2) is 4.79 Å². The predicted molar refractivity (Wildman–Crippen MR) is 82.5 cm³/mol. The summed E-state index contributed by atoms with van der Waals surface area (Å²) in [5.74, 6) is -1.48. The molecule has 4 N–H and O–H groups in total. The summed E-state index contributed by atoms with van der Waals surface area (Å²) in [4.78, 5) is 34.4. The third kappa shape index (κ3) is 6.74. The monoisotopic (exact) mass is 307 g/mol. The van der Waals surface area contributed by atoms with Crippen LogP contribution < -0.4 is 16.0 Å². The Balaban J connectivity index is 2.61. The summed E-state index contributed by atoms with van der Waals surface area (Å²) in [6.07, 6.45) is 0.410. The first-order valence-electron chi connectivity index (χ1n) is 7.00. The summed E-state index contributed by atoms with van der Waals surface area (Å²) in [7, 11) is 0. The van der Waals surface area contributed by atoms with Gasteiger partial charge in [-0.05, 0) is 24.5 Å². The van der Waals surface area contributed by atoms with E-state index in [1.807, 2.05) is 19.9 Å². The molecule has 1 aromatic carbocycles. The normalized spacial score (nSPS) is 11.6. The Bertz CT molecular complexity index is 517. The Labute approximate surface area is 129 Å². The molecule has 1 aromatic rings. The number of hydrogen-bond donors (Lipinski definition) is 4. The lowest BCUT2D eigenvalue weighted by atomic mass is 10.0. The van der Waals surface area contributed by atoms with E-state index in [0.717, 1.165) is 0 Å². The van der Waals surface area contributed by atoms with Gasteiger partial charge >= 0.3 is 12.0 Å². The number of hydrogen-bond acceptors (Lipinski definition) is 3. The van der Waals surface area contributed by atoms with Gasteiger partial charge in [-0.15, -0.1) is 0 Å². The van der Waals surface area contributed by atoms with Crippen LogP contribution in [0.25, 0.3) is 0 Å². The first-order valence-corrected chi connectivity index (χ1v) is 7.00. The number of carboxylic acids is 1. The van der Waals surface area contributed by atoms with E-state index in [4.69, 9.17) is 5.11 Å². The van der Waals surface area contributed by atoms with Crippen molar-refractivity contribution in [1.82, 2.24) is 10.6 Å². The molecule has 1 rings (SSSR count). The minimum atomic E-state index is -1.13. The molecule has 0 aliphatic carbocycles. The lowest BCUT2D eigenvalue weighted by molar-refractivity contribution is -0.138. The lowest BCUT2D eigenvalue weighted by Crippen LogP contribution is -2.49. The summed E-state index contributed by atoms with van der Waals surface area (Å²) >= 11 is 0. The average molecular weight is 307 g/mol. The highest BCUT2D eigenvalue weighted by Crippen LogP contribution is 2.07. The summed E-state index contributed by atoms with van der Waals surface area (Å²) in [5, 5.41) is 16.0. The van der Waals surface area contributed by atoms with Gasteiger partial charge in [0.25, 0.3) is 0 Å². The van der Waals surface area contributed by atoms with Crippen LogP contribution in [0.2, 0.25) is 0 Å². The molecule has 22 heavy (non-hydrogen) atoms. The van der Waals surface area contributed by atoms with Crippen molar-refractivity contribution < 1.29 is 19.5 Å². The van der Waals surface area contributed by atoms with Crippen LogP contribution in [0.15, 0.2) is 30.3 Å². The van der Waals surface area contributed by atoms with Crippen molar-refractivity contribution in [3.05, 3.63) is 30.3 Å². The maximum absolute atomic E-state index is 12.0. The number of carboxylic acid groups (broad SMARTS) is 1. The van der Waals surface area contributed by atoms with E-state index < -0.39 is 30.5 Å². The van der Waals surface area contributed by atoms with Gasteiger partial charge in [-0.1, -0.05) is 32.0 Å². The van der Waals surface area contributed by atoms with Crippen molar-refractivity contribution in [3.63, 3.8) is 0 Å². The molecule has 0 heterocycles. The molecule has 7 nitrogen and oxygen atoms in total. The number of carbonyl (C=O) groups is 3. The fourth-order valence-corrected chi connectivity index (χ4v) is 1.84. The second kappa shape index (κ2) is 8.66. The second-order valence-corrected chi connectivity index (χ2v) is 5.26. The highest BCUT2D eigenvalue weighted by Gasteiger charge is 2.22. The third-order valence-corrected chi connectivity index (χ3v) is 2.77. The highest BCUT2D eigenvalue weighted by atomic mass is 16.4. The fourth-order valence-electron chi connectivity index (χ4n) is 1.84. The van der Waals surface area contributed by atoms with Crippen LogP contribution in [0, 0.1) is 5.92 Å². The van der Waals surface area contributed by atoms with Crippen molar-refractivity contribution >= 4 is 23.6 Å². The second-order valence-electron chi connectivity index (χ2n) is 5.26. The highest BCUT2D eigenvalue weighted by molar-refractivity contribution is 5.94. The van der Waals surface area contributed by atoms with Crippen LogP contribution >= 0.6 is 0 Å². The zero-order valence-electron chi connectivity index (χ0n) is 12.6. The number of para-hydroxylation sites is 1. The number of rotatable bonds is 7. The molecule has 0 saturated heterocycles. The molecule has 0 bridgehead atoms. The zero-order chi connectivity index (χ0) is 16.5. The van der Waals surface area contributed by atoms with Crippen LogP contribution in [-0.2, 0) is 9.59 Å². The largest absolute Gasteiger partial charge is 0.480 e. The molecule has 0 aliphatic heterocycles. The molecule has 0 radical (unpaired) electrons. The molecule has 3 amide bonds. The Hall–Kier alpha value is -2.57. The molecule has 1 atom stereocenters. The maximum atomic E-state index is 12.0. The lowest BCUT2D eigenvalue weighted by Gasteiger charge is -2.20. The predicted octanol–water partition coefficient (Wildman–Crippen LogP) is 1.42. The number of anilines is 1. The van der Waals surface area contributed by atoms with Gasteiger partial charge in [0.05, 0.1) is 0 Å². The van der Waals surface area contributed by atoms with Crippen molar-refractivity contribution in [2.24, 2.45) is 5.92 Å². The molecule has 120 valence electrons. The minimum absolute atomic E-state index is 0.164. The van der Waals surface area contributed by atoms with Crippen molar-refractivity contribution in [3.8, 4) is 0 Å². The Morgan fingerprint density at radius 3 is 2.32 bits per heavy atom. The van der Waals surface area contributed by atoms with Crippen LogP contribution in [0.4, 0.5) is 10.5 Å². The summed E-state index contributed by atoms with van der Waals surface area (Å²) in [6.45, 7) is 3.35. The van der Waals surface area contributed by atoms with E-state index in [0.29, 0.717) is 12.1 Å². The molecule has 0 aromatic heterocycles. The smallest absolute Gasteiger partial charge is 0.322 e. The van der Waals surface area contributed by atoms with Gasteiger partial charge < -0.3 is 21.1 Å². The number of nitrogens with one attached hydrogen (secondary N) is 3. The maximum Gasteiger partial charge on any atom is 0.322 e. The number of benzene rings is 1. The zero-order valence-corrected chi connectivity index (χ0v) is 12.6. The summed E-state index contributed by atoms with van der Waals surface area (Å²) in [6, 6.07) is 7.53. The molecular weight excluding hydrogens is 286 g/mol. The van der Waals surface area contributed by atoms with Crippen LogP contribution in [0.1, 0.15) is 20.3 Å². The van der Waals surface area contributed by atoms with E-state index in [1.54, 1.807) is 24.3 Å². The van der Waals surface area contributed by atoms with Crippen molar-refractivity contribution in [2.75, 3.05) is 11.9 Å². The number of carbonyl (C=O) groups excluding carboxylic acids is 2. The van der Waals surface area contributed by atoms with Crippen LogP contribution in [-0.4, -0.2) is 35.6 Å². The first kappa shape index (κ1) is 17.5. The minimum Gasteiger partial charge on any atom is -0.480 e. The van der Waals surface area contributed by atoms with Gasteiger partial charge in [0.2, 0.25) is 5.91 Å². The van der Waals surface area contributed by atoms with Crippen LogP contribution in [0.5, 0.6) is 0 Å². The fraction of sp³-hybridized carbons (Fsp3) is 0.400. The van der Waals surface area contributed by atoms with Gasteiger partial charge in [0.15, 0.2) is 0 Å². The topological polar surface area (TPSA) is 108 Å². The van der Waals surface area contributed by atoms with Gasteiger partial charge in [-0.2, -0.15) is 0 Å². The molecule has 0 spiro atoms. The third-order valence-electron chi connectivity index (χ3n) is 2.77. The average Bonchev–Trinajstić information content (AvgIpc) is 2.44. The van der Waals surface area contributed by atoms with E-state index in [9.17, 15) is 14.4 Å². The summed E-state index contributed by atoms with van der Waals surface area (Å²) < 4.78 is 0. The molecule has 0 saturated carbocycles. The van der Waals surface area contributed by atoms with Crippen molar-refractivity contribution in [1.29, 1.82) is 0 Å². The number of amides is 3. The van der Waals surface area contributed by atoms with E-state index in [-0.39, 0.29) is 5.92 Å². The Morgan fingerprint density at radius 1 is 1.14 bits per heavy atom. The van der Waals surface area contributed by atoms with E-state index in [1.165, 1.54) is 0 Å². The van der Waals surface area contributed by atoms with Crippen molar-refractivity contribution in [2.45, 2.75) is 26.3 Å². The molecule has 0 aliphatic rings. The standard InChI is InChI=1S/C15H21N3O4/c1-10(2)8-12(14(21)16-9-13(19)20)18-15(22)17-11-6-4-3-5-7-11/h3-7,10,12H,8-9H2,1-2H3,(H,16,21)(H,19,20)(H2,17,18,22). The first-order chi connectivity index (χ1) is 10.4.